The minimum atomic E-state index is -0.728. The van der Waals surface area contributed by atoms with E-state index in [1.807, 2.05) is 0 Å². The van der Waals surface area contributed by atoms with E-state index >= 15 is 0 Å². The minimum absolute atomic E-state index is 0.0464. The number of pyridine rings is 1. The summed E-state index contributed by atoms with van der Waals surface area (Å²) in [5.41, 5.74) is 5.75. The first-order valence-electron chi connectivity index (χ1n) is 11.1. The molecule has 2 aliphatic rings. The topological polar surface area (TPSA) is 152 Å². The van der Waals surface area contributed by atoms with Crippen molar-refractivity contribution in [1.29, 1.82) is 0 Å². The van der Waals surface area contributed by atoms with Crippen LogP contribution in [0.15, 0.2) is 24.8 Å². The maximum atomic E-state index is 11.9. The summed E-state index contributed by atoms with van der Waals surface area (Å²) in [6.07, 6.45) is 12.0. The summed E-state index contributed by atoms with van der Waals surface area (Å²) in [6.45, 7) is 1.16. The quantitative estimate of drug-likeness (QED) is 0.502. The molecule has 10 nitrogen and oxygen atoms in total. The Labute approximate surface area is 197 Å². The number of ether oxygens (including phenoxy) is 1. The summed E-state index contributed by atoms with van der Waals surface area (Å²) in [5.74, 6) is -0.903. The van der Waals surface area contributed by atoms with Gasteiger partial charge in [-0.15, -0.1) is 0 Å². The second kappa shape index (κ2) is 12.3. The van der Waals surface area contributed by atoms with E-state index in [9.17, 15) is 14.4 Å². The molecule has 1 aliphatic heterocycles. The number of imidazole rings is 1. The molecule has 1 saturated heterocycles. The van der Waals surface area contributed by atoms with E-state index in [-0.39, 0.29) is 29.3 Å². The van der Waals surface area contributed by atoms with Crippen LogP contribution in [0.5, 0.6) is 0 Å². The van der Waals surface area contributed by atoms with Gasteiger partial charge in [-0.25, -0.2) is 4.98 Å². The first-order chi connectivity index (χ1) is 16.0. The number of hydrogen-bond donors (Lipinski definition) is 4. The number of carbonyl (C=O) groups excluding carboxylic acids is 3. The van der Waals surface area contributed by atoms with Crippen LogP contribution in [0, 0.1) is 5.92 Å². The first kappa shape index (κ1) is 24.7. The third-order valence-electron chi connectivity index (χ3n) is 5.62. The third-order valence-corrected chi connectivity index (χ3v) is 5.95. The zero-order valence-electron chi connectivity index (χ0n) is 18.3. The van der Waals surface area contributed by atoms with Gasteiger partial charge >= 0.3 is 0 Å². The molecule has 178 valence electrons. The largest absolute Gasteiger partial charge is 0.376 e. The van der Waals surface area contributed by atoms with Crippen molar-refractivity contribution in [2.45, 2.75) is 51.0 Å². The number of nitrogens with zero attached hydrogens (tertiary/aromatic N) is 2. The van der Waals surface area contributed by atoms with E-state index in [1.54, 1.807) is 18.5 Å². The summed E-state index contributed by atoms with van der Waals surface area (Å²) >= 11 is 5.95. The summed E-state index contributed by atoms with van der Waals surface area (Å²) in [4.78, 5) is 44.9. The molecule has 0 spiro atoms. The van der Waals surface area contributed by atoms with Crippen LogP contribution in [-0.2, 0) is 9.53 Å². The number of H-pyrrole nitrogens is 1. The minimum Gasteiger partial charge on any atom is -0.376 e. The lowest BCUT2D eigenvalue weighted by atomic mass is 9.88. The monoisotopic (exact) mass is 476 g/mol. The Morgan fingerprint density at radius 3 is 2.64 bits per heavy atom. The van der Waals surface area contributed by atoms with Crippen molar-refractivity contribution in [3.63, 3.8) is 0 Å². The molecule has 2 fully saturated rings. The zero-order chi connectivity index (χ0) is 23.6. The highest BCUT2D eigenvalue weighted by Crippen LogP contribution is 2.26. The van der Waals surface area contributed by atoms with Gasteiger partial charge in [-0.3, -0.25) is 19.4 Å². The van der Waals surface area contributed by atoms with Crippen molar-refractivity contribution in [3.05, 3.63) is 41.2 Å². The van der Waals surface area contributed by atoms with Crippen LogP contribution in [-0.4, -0.2) is 51.9 Å². The van der Waals surface area contributed by atoms with Gasteiger partial charge in [0.05, 0.1) is 29.3 Å². The molecule has 1 unspecified atom stereocenters. The average Bonchev–Trinajstić information content (AvgIpc) is 3.52. The molecule has 1 saturated carbocycles. The lowest BCUT2D eigenvalue weighted by molar-refractivity contribution is -0.120. The van der Waals surface area contributed by atoms with Crippen LogP contribution in [0.2, 0.25) is 5.02 Å². The fraction of sp³-hybridized carbons (Fsp3) is 0.500. The second-order valence-electron chi connectivity index (χ2n) is 8.02. The van der Waals surface area contributed by atoms with Crippen LogP contribution in [0.3, 0.4) is 0 Å². The van der Waals surface area contributed by atoms with E-state index in [1.165, 1.54) is 12.7 Å². The van der Waals surface area contributed by atoms with Crippen molar-refractivity contribution in [3.8, 4) is 0 Å². The molecule has 1 atom stereocenters. The summed E-state index contributed by atoms with van der Waals surface area (Å²) < 4.78 is 5.37. The maximum Gasteiger partial charge on any atom is 0.270 e. The van der Waals surface area contributed by atoms with Gasteiger partial charge < -0.3 is 26.1 Å². The highest BCUT2D eigenvalue weighted by atomic mass is 35.5. The number of rotatable bonds is 6. The van der Waals surface area contributed by atoms with Crippen molar-refractivity contribution in [1.82, 2.24) is 20.3 Å². The Balaban J connectivity index is 0.000000186. The van der Waals surface area contributed by atoms with Crippen molar-refractivity contribution < 1.29 is 19.1 Å². The Bertz CT molecular complexity index is 954. The molecule has 4 rings (SSSR count). The van der Waals surface area contributed by atoms with Gasteiger partial charge in [0.25, 0.3) is 11.8 Å². The van der Waals surface area contributed by atoms with Gasteiger partial charge in [0, 0.05) is 25.3 Å². The lowest BCUT2D eigenvalue weighted by Gasteiger charge is -2.20. The molecular formula is C22H29ClN6O4. The number of carbonyl (C=O) groups is 3. The van der Waals surface area contributed by atoms with Gasteiger partial charge in [-0.2, -0.15) is 0 Å². The number of nitrogens with two attached hydrogens (primary N) is 1. The van der Waals surface area contributed by atoms with Crippen LogP contribution >= 0.6 is 11.6 Å². The maximum absolute atomic E-state index is 11.9. The molecule has 1 aliphatic carbocycles. The average molecular weight is 477 g/mol. The highest BCUT2D eigenvalue weighted by molar-refractivity contribution is 6.33. The molecule has 3 amide bonds. The van der Waals surface area contributed by atoms with E-state index < -0.39 is 11.8 Å². The van der Waals surface area contributed by atoms with Gasteiger partial charge in [0.15, 0.2) is 5.69 Å². The van der Waals surface area contributed by atoms with Crippen molar-refractivity contribution in [2.24, 2.45) is 11.7 Å². The molecule has 0 aromatic carbocycles. The number of nitrogens with one attached hydrogen (secondary N) is 3. The molecule has 0 radical (unpaired) electrons. The normalized spacial score (nSPS) is 18.2. The number of primary amides is 1. The molecule has 5 N–H and O–H groups in total. The number of halogens is 1. The Hall–Kier alpha value is -2.98. The lowest BCUT2D eigenvalue weighted by Crippen LogP contribution is -2.33. The van der Waals surface area contributed by atoms with Crippen LogP contribution in [0.1, 0.15) is 65.9 Å². The molecule has 11 heteroatoms. The molecular weight excluding hydrogens is 448 g/mol. The van der Waals surface area contributed by atoms with E-state index in [0.717, 1.165) is 45.1 Å². The summed E-state index contributed by atoms with van der Waals surface area (Å²) in [7, 11) is 0. The van der Waals surface area contributed by atoms with Crippen LogP contribution < -0.4 is 16.4 Å². The SMILES string of the molecule is NC(=O)c1nc[nH]c1C(=O)NCC1CCCO1.O=C(Nc1cnccc1Cl)C1CCCCC1. The number of anilines is 1. The van der Waals surface area contributed by atoms with Gasteiger partial charge in [-0.05, 0) is 31.7 Å². The number of aromatic nitrogens is 3. The predicted molar refractivity (Wildman–Crippen MR) is 123 cm³/mol. The highest BCUT2D eigenvalue weighted by Gasteiger charge is 2.22. The number of aromatic amines is 1. The molecule has 33 heavy (non-hydrogen) atoms. The van der Waals surface area contributed by atoms with Crippen molar-refractivity contribution in [2.75, 3.05) is 18.5 Å². The van der Waals surface area contributed by atoms with Crippen molar-refractivity contribution >= 4 is 35.0 Å². The van der Waals surface area contributed by atoms with Crippen LogP contribution in [0.25, 0.3) is 0 Å². The van der Waals surface area contributed by atoms with Gasteiger partial charge in [0.2, 0.25) is 5.91 Å². The zero-order valence-corrected chi connectivity index (χ0v) is 19.1. The summed E-state index contributed by atoms with van der Waals surface area (Å²) in [6, 6.07) is 1.68. The third kappa shape index (κ3) is 7.26. The Morgan fingerprint density at radius 1 is 1.18 bits per heavy atom. The standard InChI is InChI=1S/C12H15ClN2O.C10H14N4O3/c13-10-6-7-14-8-11(10)15-12(16)9-4-2-1-3-5-9;11-9(15)7-8(14-5-13-7)10(16)12-4-6-2-1-3-17-6/h6-9H,1-5H2,(H,15,16);5-6H,1-4H2,(H2,11,15)(H,12,16)(H,13,14). The smallest absolute Gasteiger partial charge is 0.270 e. The second-order valence-corrected chi connectivity index (χ2v) is 8.42. The number of amides is 3. The van der Waals surface area contributed by atoms with E-state index in [4.69, 9.17) is 22.1 Å². The van der Waals surface area contributed by atoms with E-state index in [0.29, 0.717) is 17.3 Å². The van der Waals surface area contributed by atoms with Gasteiger partial charge in [-0.1, -0.05) is 30.9 Å². The fourth-order valence-corrected chi connectivity index (χ4v) is 3.98. The predicted octanol–water partition coefficient (Wildman–Crippen LogP) is 2.67. The molecule has 0 bridgehead atoms. The summed E-state index contributed by atoms with van der Waals surface area (Å²) in [5, 5.41) is 6.07. The van der Waals surface area contributed by atoms with Gasteiger partial charge in [0.1, 0.15) is 5.69 Å². The van der Waals surface area contributed by atoms with Crippen LogP contribution in [0.4, 0.5) is 5.69 Å². The Morgan fingerprint density at radius 2 is 1.97 bits per heavy atom. The fourth-order valence-electron chi connectivity index (χ4n) is 3.82. The number of hydrogen-bond acceptors (Lipinski definition) is 6. The molecule has 3 heterocycles. The Kier molecular flexibility index (Phi) is 9.20. The first-order valence-corrected chi connectivity index (χ1v) is 11.5. The molecule has 2 aromatic heterocycles. The van der Waals surface area contributed by atoms with E-state index in [2.05, 4.69) is 25.6 Å². The molecule has 2 aromatic rings.